The van der Waals surface area contributed by atoms with E-state index in [1.54, 1.807) is 18.2 Å². The molecule has 0 bridgehead atoms. The maximum Gasteiger partial charge on any atom is 0.255 e. The molecule has 2 aromatic carbocycles. The molecule has 0 aromatic heterocycles. The Morgan fingerprint density at radius 3 is 2.57 bits per heavy atom. The van der Waals surface area contributed by atoms with E-state index in [0.29, 0.717) is 18.0 Å². The fourth-order valence-electron chi connectivity index (χ4n) is 1.83. The van der Waals surface area contributed by atoms with Gasteiger partial charge in [-0.1, -0.05) is 6.07 Å². The average Bonchev–Trinajstić information content (AvgIpc) is 2.50. The van der Waals surface area contributed by atoms with Crippen LogP contribution in [0.15, 0.2) is 36.4 Å². The van der Waals surface area contributed by atoms with Crippen molar-refractivity contribution in [3.63, 3.8) is 0 Å². The molecule has 0 aliphatic heterocycles. The third-order valence-electron chi connectivity index (χ3n) is 2.99. The van der Waals surface area contributed by atoms with Gasteiger partial charge in [-0.25, -0.2) is 0 Å². The van der Waals surface area contributed by atoms with Crippen molar-refractivity contribution in [1.82, 2.24) is 0 Å². The molecule has 0 aliphatic rings. The maximum absolute atomic E-state index is 12.1. The van der Waals surface area contributed by atoms with Crippen LogP contribution in [0.1, 0.15) is 15.9 Å². The smallest absolute Gasteiger partial charge is 0.255 e. The molecule has 1 amide bonds. The summed E-state index contributed by atoms with van der Waals surface area (Å²) in [6.07, 6.45) is 0. The molecular weight excluding hydrogens is 272 g/mol. The second-order valence-electron chi connectivity index (χ2n) is 4.40. The van der Waals surface area contributed by atoms with Gasteiger partial charge < -0.3 is 26.0 Å². The van der Waals surface area contributed by atoms with E-state index >= 15 is 0 Å². The molecule has 2 rings (SSSR count). The standard InChI is InChI=1S/C15H16N2O4/c1-21-14-6-9(8-16)2-4-11(14)17-15(20)10-3-5-12(18)13(19)7-10/h2-7,18-19H,8,16H2,1H3,(H,17,20). The summed E-state index contributed by atoms with van der Waals surface area (Å²) in [7, 11) is 1.50. The molecule has 0 fully saturated rings. The molecule has 21 heavy (non-hydrogen) atoms. The van der Waals surface area contributed by atoms with Gasteiger partial charge in [0.15, 0.2) is 11.5 Å². The number of nitrogens with two attached hydrogens (primary N) is 1. The molecule has 6 nitrogen and oxygen atoms in total. The fraction of sp³-hybridized carbons (Fsp3) is 0.133. The predicted molar refractivity (Wildman–Crippen MR) is 78.6 cm³/mol. The van der Waals surface area contributed by atoms with Crippen LogP contribution >= 0.6 is 0 Å². The minimum absolute atomic E-state index is 0.218. The van der Waals surface area contributed by atoms with Crippen LogP contribution in [0.3, 0.4) is 0 Å². The summed E-state index contributed by atoms with van der Waals surface area (Å²) in [5.74, 6) is -0.567. The lowest BCUT2D eigenvalue weighted by Crippen LogP contribution is -2.12. The van der Waals surface area contributed by atoms with Crippen LogP contribution in [0.4, 0.5) is 5.69 Å². The zero-order valence-corrected chi connectivity index (χ0v) is 11.5. The number of hydrogen-bond acceptors (Lipinski definition) is 5. The van der Waals surface area contributed by atoms with Gasteiger partial charge in [-0.05, 0) is 35.9 Å². The van der Waals surface area contributed by atoms with Crippen LogP contribution in [0.2, 0.25) is 0 Å². The van der Waals surface area contributed by atoms with Crippen molar-refractivity contribution in [2.45, 2.75) is 6.54 Å². The zero-order valence-electron chi connectivity index (χ0n) is 11.5. The Morgan fingerprint density at radius 1 is 1.19 bits per heavy atom. The number of anilines is 1. The monoisotopic (exact) mass is 288 g/mol. The lowest BCUT2D eigenvalue weighted by molar-refractivity contribution is 0.102. The van der Waals surface area contributed by atoms with Gasteiger partial charge in [0.1, 0.15) is 5.75 Å². The molecule has 6 heteroatoms. The molecule has 0 saturated carbocycles. The molecule has 0 atom stereocenters. The van der Waals surface area contributed by atoms with E-state index in [0.717, 1.165) is 5.56 Å². The van der Waals surface area contributed by atoms with Gasteiger partial charge in [0.05, 0.1) is 12.8 Å². The summed E-state index contributed by atoms with van der Waals surface area (Å²) >= 11 is 0. The summed E-state index contributed by atoms with van der Waals surface area (Å²) in [6.45, 7) is 0.371. The SMILES string of the molecule is COc1cc(CN)ccc1NC(=O)c1ccc(O)c(O)c1. The Bertz CT molecular complexity index is 671. The highest BCUT2D eigenvalue weighted by molar-refractivity contribution is 6.05. The van der Waals surface area contributed by atoms with Gasteiger partial charge in [-0.3, -0.25) is 4.79 Å². The molecule has 0 heterocycles. The minimum Gasteiger partial charge on any atom is -0.504 e. The number of amides is 1. The predicted octanol–water partition coefficient (Wildman–Crippen LogP) is 1.82. The van der Waals surface area contributed by atoms with E-state index in [2.05, 4.69) is 5.32 Å². The fourth-order valence-corrected chi connectivity index (χ4v) is 1.83. The number of carbonyl (C=O) groups excluding carboxylic acids is 1. The van der Waals surface area contributed by atoms with Crippen molar-refractivity contribution in [2.24, 2.45) is 5.73 Å². The first-order chi connectivity index (χ1) is 10.0. The first-order valence-corrected chi connectivity index (χ1v) is 6.25. The van der Waals surface area contributed by atoms with Crippen LogP contribution in [0.25, 0.3) is 0 Å². The lowest BCUT2D eigenvalue weighted by Gasteiger charge is -2.11. The summed E-state index contributed by atoms with van der Waals surface area (Å²) < 4.78 is 5.21. The van der Waals surface area contributed by atoms with Crippen molar-refractivity contribution in [2.75, 3.05) is 12.4 Å². The number of hydrogen-bond donors (Lipinski definition) is 4. The lowest BCUT2D eigenvalue weighted by atomic mass is 10.1. The van der Waals surface area contributed by atoms with Crippen LogP contribution in [-0.4, -0.2) is 23.2 Å². The summed E-state index contributed by atoms with van der Waals surface area (Å²) in [5, 5.41) is 21.3. The summed E-state index contributed by atoms with van der Waals surface area (Å²) in [4.78, 5) is 12.1. The second kappa shape index (κ2) is 6.15. The topological polar surface area (TPSA) is 105 Å². The van der Waals surface area contributed by atoms with E-state index < -0.39 is 5.91 Å². The van der Waals surface area contributed by atoms with Crippen molar-refractivity contribution >= 4 is 11.6 Å². The minimum atomic E-state index is -0.427. The second-order valence-corrected chi connectivity index (χ2v) is 4.40. The van der Waals surface area contributed by atoms with E-state index in [1.165, 1.54) is 25.3 Å². The highest BCUT2D eigenvalue weighted by Gasteiger charge is 2.12. The third-order valence-corrected chi connectivity index (χ3v) is 2.99. The number of aromatic hydroxyl groups is 2. The van der Waals surface area contributed by atoms with Gasteiger partial charge in [-0.2, -0.15) is 0 Å². The van der Waals surface area contributed by atoms with Crippen LogP contribution in [0, 0.1) is 0 Å². The number of phenolic OH excluding ortho intramolecular Hbond substituents is 2. The molecule has 0 aliphatic carbocycles. The van der Waals surface area contributed by atoms with Gasteiger partial charge >= 0.3 is 0 Å². The Kier molecular flexibility index (Phi) is 4.30. The highest BCUT2D eigenvalue weighted by Crippen LogP contribution is 2.28. The van der Waals surface area contributed by atoms with Gasteiger partial charge in [0, 0.05) is 12.1 Å². The number of phenols is 2. The number of carbonyl (C=O) groups is 1. The van der Waals surface area contributed by atoms with Crippen molar-refractivity contribution in [3.05, 3.63) is 47.5 Å². The molecular formula is C15H16N2O4. The molecule has 0 unspecified atom stereocenters. The maximum atomic E-state index is 12.1. The third kappa shape index (κ3) is 3.24. The van der Waals surface area contributed by atoms with E-state index in [4.69, 9.17) is 10.5 Å². The number of ether oxygens (including phenoxy) is 1. The summed E-state index contributed by atoms with van der Waals surface area (Å²) in [5.41, 5.74) is 7.14. The zero-order chi connectivity index (χ0) is 15.4. The molecule has 2 aromatic rings. The van der Waals surface area contributed by atoms with Crippen LogP contribution in [0.5, 0.6) is 17.2 Å². The number of methoxy groups -OCH3 is 1. The first-order valence-electron chi connectivity index (χ1n) is 6.25. The Hall–Kier alpha value is -2.73. The molecule has 0 saturated heterocycles. The van der Waals surface area contributed by atoms with Gasteiger partial charge in [-0.15, -0.1) is 0 Å². The van der Waals surface area contributed by atoms with E-state index in [9.17, 15) is 15.0 Å². The number of rotatable bonds is 4. The molecule has 0 radical (unpaired) electrons. The van der Waals surface area contributed by atoms with E-state index in [1.807, 2.05) is 0 Å². The van der Waals surface area contributed by atoms with Gasteiger partial charge in [0.25, 0.3) is 5.91 Å². The summed E-state index contributed by atoms with van der Waals surface area (Å²) in [6, 6.07) is 9.06. The highest BCUT2D eigenvalue weighted by atomic mass is 16.5. The first kappa shape index (κ1) is 14.7. The molecule has 0 spiro atoms. The van der Waals surface area contributed by atoms with Gasteiger partial charge in [0.2, 0.25) is 0 Å². The largest absolute Gasteiger partial charge is 0.504 e. The van der Waals surface area contributed by atoms with Crippen molar-refractivity contribution in [3.8, 4) is 17.2 Å². The quantitative estimate of drug-likeness (QED) is 0.642. The Morgan fingerprint density at radius 2 is 1.95 bits per heavy atom. The molecule has 110 valence electrons. The molecule has 5 N–H and O–H groups in total. The van der Waals surface area contributed by atoms with Crippen LogP contribution < -0.4 is 15.8 Å². The number of benzene rings is 2. The Labute approximate surface area is 121 Å². The van der Waals surface area contributed by atoms with Crippen LogP contribution in [-0.2, 0) is 6.54 Å². The van der Waals surface area contributed by atoms with Crippen molar-refractivity contribution < 1.29 is 19.7 Å². The normalized spacial score (nSPS) is 10.2. The Balaban J connectivity index is 2.24. The van der Waals surface area contributed by atoms with E-state index in [-0.39, 0.29) is 17.1 Å². The van der Waals surface area contributed by atoms with Crippen molar-refractivity contribution in [1.29, 1.82) is 0 Å². The number of nitrogens with one attached hydrogen (secondary N) is 1. The average molecular weight is 288 g/mol.